The van der Waals surface area contributed by atoms with Gasteiger partial charge in [-0.25, -0.2) is 17.2 Å². The topological polar surface area (TPSA) is 57.7 Å². The van der Waals surface area contributed by atoms with Crippen molar-refractivity contribution in [3.63, 3.8) is 0 Å². The number of nitrogens with zero attached hydrogens (tertiary/aromatic N) is 2. The fourth-order valence-electron chi connectivity index (χ4n) is 2.70. The van der Waals surface area contributed by atoms with Gasteiger partial charge in [-0.05, 0) is 42.5 Å². The maximum Gasteiger partial charge on any atom is 0.254 e. The zero-order chi connectivity index (χ0) is 18.9. The predicted octanol–water partition coefficient (Wildman–Crippen LogP) is 2.76. The number of piperazine rings is 1. The van der Waals surface area contributed by atoms with E-state index in [4.69, 9.17) is 11.6 Å². The zero-order valence-electron chi connectivity index (χ0n) is 13.5. The summed E-state index contributed by atoms with van der Waals surface area (Å²) < 4.78 is 52.8. The molecule has 0 aliphatic carbocycles. The van der Waals surface area contributed by atoms with Crippen LogP contribution in [-0.4, -0.2) is 49.7 Å². The van der Waals surface area contributed by atoms with Crippen LogP contribution in [0.2, 0.25) is 5.02 Å². The highest BCUT2D eigenvalue weighted by Crippen LogP contribution is 2.20. The molecule has 1 amide bonds. The molecular formula is C17H15ClF2N2O3S. The summed E-state index contributed by atoms with van der Waals surface area (Å²) in [7, 11) is -3.68. The molecule has 0 radical (unpaired) electrons. The first-order valence-corrected chi connectivity index (χ1v) is 9.61. The van der Waals surface area contributed by atoms with Crippen molar-refractivity contribution in [2.75, 3.05) is 26.2 Å². The quantitative estimate of drug-likeness (QED) is 0.796. The van der Waals surface area contributed by atoms with Gasteiger partial charge in [-0.3, -0.25) is 4.79 Å². The molecule has 1 saturated heterocycles. The van der Waals surface area contributed by atoms with Crippen LogP contribution in [0.5, 0.6) is 0 Å². The van der Waals surface area contributed by atoms with Crippen LogP contribution < -0.4 is 0 Å². The Balaban J connectivity index is 1.69. The molecule has 9 heteroatoms. The molecular weight excluding hydrogens is 386 g/mol. The average molecular weight is 401 g/mol. The lowest BCUT2D eigenvalue weighted by Gasteiger charge is -2.34. The summed E-state index contributed by atoms with van der Waals surface area (Å²) in [5.74, 6) is -2.59. The largest absolute Gasteiger partial charge is 0.336 e. The molecule has 26 heavy (non-hydrogen) atoms. The highest BCUT2D eigenvalue weighted by atomic mass is 35.5. The molecule has 0 aromatic heterocycles. The van der Waals surface area contributed by atoms with E-state index in [2.05, 4.69) is 0 Å². The van der Waals surface area contributed by atoms with Crippen LogP contribution in [0.1, 0.15) is 10.4 Å². The summed E-state index contributed by atoms with van der Waals surface area (Å²) in [5.41, 5.74) is 0.0258. The number of amides is 1. The highest BCUT2D eigenvalue weighted by molar-refractivity contribution is 7.89. The summed E-state index contributed by atoms with van der Waals surface area (Å²) in [6.45, 7) is 0.538. The van der Waals surface area contributed by atoms with Gasteiger partial charge >= 0.3 is 0 Å². The number of carbonyl (C=O) groups excluding carboxylic acids is 1. The third-order valence-corrected chi connectivity index (χ3v) is 6.31. The number of rotatable bonds is 3. The fraction of sp³-hybridized carbons (Fsp3) is 0.235. The Morgan fingerprint density at radius 3 is 2.12 bits per heavy atom. The standard InChI is InChI=1S/C17H15ClF2N2O3S/c18-13-2-4-14(5-3-13)26(24,25)22-9-7-21(8-10-22)17(23)12-1-6-15(19)16(20)11-12/h1-6,11H,7-10H2. The third-order valence-electron chi connectivity index (χ3n) is 4.14. The lowest BCUT2D eigenvalue weighted by atomic mass is 10.1. The summed E-state index contributed by atoms with van der Waals surface area (Å²) in [4.78, 5) is 13.9. The molecule has 1 heterocycles. The van der Waals surface area contributed by atoms with E-state index in [-0.39, 0.29) is 36.6 Å². The minimum absolute atomic E-state index is 0.0258. The van der Waals surface area contributed by atoms with E-state index in [9.17, 15) is 22.0 Å². The van der Waals surface area contributed by atoms with Gasteiger partial charge in [-0.2, -0.15) is 4.31 Å². The molecule has 1 aliphatic heterocycles. The first-order chi connectivity index (χ1) is 12.3. The van der Waals surface area contributed by atoms with E-state index in [1.165, 1.54) is 39.5 Å². The maximum atomic E-state index is 13.3. The summed E-state index contributed by atoms with van der Waals surface area (Å²) >= 11 is 5.78. The fourth-order valence-corrected chi connectivity index (χ4v) is 4.25. The molecule has 0 unspecified atom stereocenters. The molecule has 2 aromatic carbocycles. The van der Waals surface area contributed by atoms with Crippen LogP contribution in [0.4, 0.5) is 8.78 Å². The van der Waals surface area contributed by atoms with Gasteiger partial charge in [-0.15, -0.1) is 0 Å². The number of sulfonamides is 1. The van der Waals surface area contributed by atoms with Gasteiger partial charge < -0.3 is 4.90 Å². The van der Waals surface area contributed by atoms with Gasteiger partial charge in [0.2, 0.25) is 10.0 Å². The van der Waals surface area contributed by atoms with Crippen LogP contribution in [0.25, 0.3) is 0 Å². The molecule has 3 rings (SSSR count). The highest BCUT2D eigenvalue weighted by Gasteiger charge is 2.30. The van der Waals surface area contributed by atoms with Crippen molar-refractivity contribution in [1.82, 2.24) is 9.21 Å². The Bertz CT molecular complexity index is 928. The molecule has 1 aliphatic rings. The number of hydrogen-bond acceptors (Lipinski definition) is 3. The van der Waals surface area contributed by atoms with E-state index in [1.54, 1.807) is 0 Å². The van der Waals surface area contributed by atoms with Gasteiger partial charge in [0.15, 0.2) is 11.6 Å². The summed E-state index contributed by atoms with van der Waals surface area (Å²) in [6.07, 6.45) is 0. The number of carbonyl (C=O) groups is 1. The van der Waals surface area contributed by atoms with Crippen LogP contribution in [0.15, 0.2) is 47.4 Å². The van der Waals surface area contributed by atoms with Crippen molar-refractivity contribution in [1.29, 1.82) is 0 Å². The Hall–Kier alpha value is -2.03. The lowest BCUT2D eigenvalue weighted by molar-refractivity contribution is 0.0697. The average Bonchev–Trinajstić information content (AvgIpc) is 2.64. The SMILES string of the molecule is O=C(c1ccc(F)c(F)c1)N1CCN(S(=O)(=O)c2ccc(Cl)cc2)CC1. The monoisotopic (exact) mass is 400 g/mol. The van der Waals surface area contributed by atoms with Crippen molar-refractivity contribution in [3.05, 3.63) is 64.7 Å². The predicted molar refractivity (Wildman–Crippen MR) is 92.5 cm³/mol. The third kappa shape index (κ3) is 3.72. The second kappa shape index (κ2) is 7.30. The molecule has 1 fully saturated rings. The van der Waals surface area contributed by atoms with Crippen LogP contribution in [0.3, 0.4) is 0 Å². The lowest BCUT2D eigenvalue weighted by Crippen LogP contribution is -2.50. The van der Waals surface area contributed by atoms with Crippen LogP contribution in [-0.2, 0) is 10.0 Å². The van der Waals surface area contributed by atoms with Gasteiger partial charge in [-0.1, -0.05) is 11.6 Å². The van der Waals surface area contributed by atoms with E-state index in [0.29, 0.717) is 5.02 Å². The summed E-state index contributed by atoms with van der Waals surface area (Å²) in [5, 5.41) is 0.436. The molecule has 138 valence electrons. The van der Waals surface area contributed by atoms with Crippen molar-refractivity contribution >= 4 is 27.5 Å². The minimum atomic E-state index is -3.68. The molecule has 0 spiro atoms. The van der Waals surface area contributed by atoms with Gasteiger partial charge in [0.05, 0.1) is 4.90 Å². The molecule has 0 atom stereocenters. The van der Waals surface area contributed by atoms with Gasteiger partial charge in [0, 0.05) is 36.8 Å². The first kappa shape index (κ1) is 18.8. The molecule has 2 aromatic rings. The van der Waals surface area contributed by atoms with E-state index >= 15 is 0 Å². The number of benzene rings is 2. The van der Waals surface area contributed by atoms with Gasteiger partial charge in [0.1, 0.15) is 0 Å². The Kier molecular flexibility index (Phi) is 5.27. The number of hydrogen-bond donors (Lipinski definition) is 0. The van der Waals surface area contributed by atoms with Gasteiger partial charge in [0.25, 0.3) is 5.91 Å². The zero-order valence-corrected chi connectivity index (χ0v) is 15.1. The maximum absolute atomic E-state index is 13.3. The van der Waals surface area contributed by atoms with Crippen molar-refractivity contribution in [2.24, 2.45) is 0 Å². The smallest absolute Gasteiger partial charge is 0.254 e. The second-order valence-corrected chi connectivity index (χ2v) is 8.15. The molecule has 0 bridgehead atoms. The normalized spacial score (nSPS) is 15.9. The van der Waals surface area contributed by atoms with E-state index in [0.717, 1.165) is 12.1 Å². The molecule has 0 N–H and O–H groups in total. The number of halogens is 3. The first-order valence-electron chi connectivity index (χ1n) is 7.79. The Morgan fingerprint density at radius 2 is 1.54 bits per heavy atom. The summed E-state index contributed by atoms with van der Waals surface area (Å²) in [6, 6.07) is 8.79. The second-order valence-electron chi connectivity index (χ2n) is 5.78. The van der Waals surface area contributed by atoms with Crippen LogP contribution in [0, 0.1) is 11.6 Å². The van der Waals surface area contributed by atoms with E-state index in [1.807, 2.05) is 0 Å². The van der Waals surface area contributed by atoms with Crippen LogP contribution >= 0.6 is 11.6 Å². The van der Waals surface area contributed by atoms with Crippen molar-refractivity contribution in [3.8, 4) is 0 Å². The molecule has 5 nitrogen and oxygen atoms in total. The Morgan fingerprint density at radius 1 is 0.923 bits per heavy atom. The molecule has 0 saturated carbocycles. The van der Waals surface area contributed by atoms with Crippen molar-refractivity contribution in [2.45, 2.75) is 4.90 Å². The van der Waals surface area contributed by atoms with Crippen molar-refractivity contribution < 1.29 is 22.0 Å². The Labute approximate surface area is 154 Å². The minimum Gasteiger partial charge on any atom is -0.336 e. The van der Waals surface area contributed by atoms with E-state index < -0.39 is 27.6 Å².